The van der Waals surface area contributed by atoms with Gasteiger partial charge >= 0.3 is 0 Å². The number of hydrogen-bond donors (Lipinski definition) is 0. The van der Waals surface area contributed by atoms with Crippen LogP contribution < -0.4 is 5.11 Å². The van der Waals surface area contributed by atoms with Crippen LogP contribution in [0.25, 0.3) is 0 Å². The van der Waals surface area contributed by atoms with Gasteiger partial charge in [-0.3, -0.25) is 0 Å². The Bertz CT molecular complexity index is 496. The number of methoxy groups -OCH3 is 7. The lowest BCUT2D eigenvalue weighted by atomic mass is 9.98. The largest absolute Gasteiger partial charge is 0.853 e. The summed E-state index contributed by atoms with van der Waals surface area (Å²) in [6.45, 7) is -0.287. The molecule has 0 aromatic carbocycles. The molecule has 0 amide bonds. The predicted molar refractivity (Wildman–Crippen MR) is 107 cm³/mol. The van der Waals surface area contributed by atoms with E-state index in [0.29, 0.717) is 0 Å². The van der Waals surface area contributed by atoms with Crippen LogP contribution in [-0.4, -0.2) is 124 Å². The zero-order valence-electron chi connectivity index (χ0n) is 18.7. The van der Waals surface area contributed by atoms with Gasteiger partial charge in [-0.15, -0.1) is 6.61 Å². The molecule has 0 N–H and O–H groups in total. The second kappa shape index (κ2) is 13.3. The minimum absolute atomic E-state index is 0. The molecule has 2 rings (SSSR count). The fraction of sp³-hybridized carbons (Fsp3) is 1.00. The van der Waals surface area contributed by atoms with Crippen LogP contribution in [0.2, 0.25) is 0 Å². The first kappa shape index (κ1) is 28.6. The first-order valence-electron chi connectivity index (χ1n) is 9.71. The molecule has 0 aromatic heterocycles. The van der Waals surface area contributed by atoms with E-state index in [1.54, 1.807) is 14.2 Å². The molecular weight excluding hydrogens is 416 g/mol. The summed E-state index contributed by atoms with van der Waals surface area (Å²) in [5.74, 6) is -1.40. The Morgan fingerprint density at radius 3 is 1.81 bits per heavy atom. The average molecular weight is 456 g/mol. The summed E-state index contributed by atoms with van der Waals surface area (Å²) in [6.07, 6.45) is -5.40. The Morgan fingerprint density at radius 1 is 0.742 bits per heavy atom. The molecule has 0 spiro atoms. The highest BCUT2D eigenvalue weighted by Gasteiger charge is 2.60. The van der Waals surface area contributed by atoms with Crippen molar-refractivity contribution in [3.05, 3.63) is 0 Å². The molecule has 9 unspecified atom stereocenters. The highest BCUT2D eigenvalue weighted by Crippen LogP contribution is 2.40. The molecular formula is C20H39O11-. The van der Waals surface area contributed by atoms with E-state index in [1.165, 1.54) is 35.5 Å². The van der Waals surface area contributed by atoms with E-state index in [4.69, 9.17) is 47.4 Å². The standard InChI is InChI=1S/C19H35O11.CH4/c1-21-9-12-14(24-4)17(27-7)19(29-12,10-22-2)30-18-16(26-6)15(25-5)13(23-3)11(8-20)28-18;/h11-18H,8-10H2,1-7H3;1H4/q-1;. The van der Waals surface area contributed by atoms with Crippen LogP contribution in [0.3, 0.4) is 0 Å². The second-order valence-electron chi connectivity index (χ2n) is 7.14. The quantitative estimate of drug-likeness (QED) is 0.368. The Balaban J connectivity index is 0.00000480. The van der Waals surface area contributed by atoms with Crippen molar-refractivity contribution in [1.29, 1.82) is 0 Å². The molecule has 9 atom stereocenters. The summed E-state index contributed by atoms with van der Waals surface area (Å²) in [6, 6.07) is 0. The maximum absolute atomic E-state index is 11.8. The fourth-order valence-electron chi connectivity index (χ4n) is 4.27. The van der Waals surface area contributed by atoms with E-state index < -0.39 is 61.4 Å². The topological polar surface area (TPSA) is 115 Å². The van der Waals surface area contributed by atoms with Crippen LogP contribution in [0.4, 0.5) is 0 Å². The predicted octanol–water partition coefficient (Wildman–Crippen LogP) is -0.813. The van der Waals surface area contributed by atoms with Crippen molar-refractivity contribution in [2.45, 2.75) is 62.2 Å². The van der Waals surface area contributed by atoms with Gasteiger partial charge in [0.2, 0.25) is 5.79 Å². The van der Waals surface area contributed by atoms with Gasteiger partial charge in [0.25, 0.3) is 0 Å². The highest BCUT2D eigenvalue weighted by molar-refractivity contribution is 5.01. The lowest BCUT2D eigenvalue weighted by molar-refractivity contribution is -0.434. The Kier molecular flexibility index (Phi) is 12.3. The van der Waals surface area contributed by atoms with Gasteiger partial charge in [0.1, 0.15) is 43.2 Å². The lowest BCUT2D eigenvalue weighted by Crippen LogP contribution is -2.65. The van der Waals surface area contributed by atoms with Crippen molar-refractivity contribution in [3.63, 3.8) is 0 Å². The molecule has 0 aliphatic carbocycles. The van der Waals surface area contributed by atoms with Crippen LogP contribution in [0, 0.1) is 0 Å². The van der Waals surface area contributed by atoms with Gasteiger partial charge in [0, 0.05) is 49.8 Å². The SMILES string of the molecule is C.COCC1OC(COC)(OC2OC(C[O-])C(OC)C(OC)C2OC)C(OC)C1OC. The van der Waals surface area contributed by atoms with Gasteiger partial charge in [-0.1, -0.05) is 7.43 Å². The summed E-state index contributed by atoms with van der Waals surface area (Å²) in [5, 5.41) is 11.8. The third-order valence-corrected chi connectivity index (χ3v) is 5.54. The molecule has 11 nitrogen and oxygen atoms in total. The van der Waals surface area contributed by atoms with E-state index in [-0.39, 0.29) is 20.6 Å². The van der Waals surface area contributed by atoms with E-state index in [0.717, 1.165) is 0 Å². The van der Waals surface area contributed by atoms with E-state index >= 15 is 0 Å². The monoisotopic (exact) mass is 455 g/mol. The normalized spacial score (nSPS) is 40.6. The molecule has 2 fully saturated rings. The van der Waals surface area contributed by atoms with Crippen molar-refractivity contribution in [1.82, 2.24) is 0 Å². The third kappa shape index (κ3) is 5.74. The van der Waals surface area contributed by atoms with E-state index in [2.05, 4.69) is 0 Å². The van der Waals surface area contributed by atoms with Gasteiger partial charge < -0.3 is 52.5 Å². The Morgan fingerprint density at radius 2 is 1.35 bits per heavy atom. The lowest BCUT2D eigenvalue weighted by Gasteiger charge is -2.48. The molecule has 2 saturated heterocycles. The molecule has 2 heterocycles. The molecule has 2 aliphatic rings. The van der Waals surface area contributed by atoms with Gasteiger partial charge in [-0.05, 0) is 0 Å². The summed E-state index contributed by atoms with van der Waals surface area (Å²) in [7, 11) is 10.7. The molecule has 11 heteroatoms. The molecule has 0 radical (unpaired) electrons. The average Bonchev–Trinajstić information content (AvgIpc) is 3.04. The molecule has 2 aliphatic heterocycles. The summed E-state index contributed by atoms with van der Waals surface area (Å²) in [5.41, 5.74) is 0. The summed E-state index contributed by atoms with van der Waals surface area (Å²) in [4.78, 5) is 0. The molecule has 0 bridgehead atoms. The summed E-state index contributed by atoms with van der Waals surface area (Å²) >= 11 is 0. The zero-order chi connectivity index (χ0) is 22.3. The smallest absolute Gasteiger partial charge is 0.224 e. The van der Waals surface area contributed by atoms with Crippen LogP contribution in [0.15, 0.2) is 0 Å². The second-order valence-corrected chi connectivity index (χ2v) is 7.14. The number of rotatable bonds is 12. The zero-order valence-corrected chi connectivity index (χ0v) is 18.7. The van der Waals surface area contributed by atoms with Gasteiger partial charge in [0.15, 0.2) is 6.29 Å². The minimum Gasteiger partial charge on any atom is -0.853 e. The first-order valence-corrected chi connectivity index (χ1v) is 9.71. The first-order chi connectivity index (χ1) is 14.5. The van der Waals surface area contributed by atoms with Crippen LogP contribution >= 0.6 is 0 Å². The van der Waals surface area contributed by atoms with E-state index in [9.17, 15) is 5.11 Å². The van der Waals surface area contributed by atoms with Crippen molar-refractivity contribution >= 4 is 0 Å². The maximum atomic E-state index is 11.8. The van der Waals surface area contributed by atoms with Gasteiger partial charge in [-0.2, -0.15) is 0 Å². The summed E-state index contributed by atoms with van der Waals surface area (Å²) < 4.78 is 57.1. The number of hydrogen-bond acceptors (Lipinski definition) is 11. The maximum Gasteiger partial charge on any atom is 0.224 e. The van der Waals surface area contributed by atoms with Crippen molar-refractivity contribution in [2.75, 3.05) is 69.6 Å². The van der Waals surface area contributed by atoms with Crippen LogP contribution in [0.5, 0.6) is 0 Å². The molecule has 31 heavy (non-hydrogen) atoms. The highest BCUT2D eigenvalue weighted by atomic mass is 16.8. The molecule has 0 aromatic rings. The van der Waals surface area contributed by atoms with Crippen LogP contribution in [0.1, 0.15) is 7.43 Å². The van der Waals surface area contributed by atoms with Crippen molar-refractivity contribution in [3.8, 4) is 0 Å². The molecule has 0 saturated carbocycles. The van der Waals surface area contributed by atoms with Gasteiger partial charge in [-0.25, -0.2) is 0 Å². The van der Waals surface area contributed by atoms with Gasteiger partial charge in [0.05, 0.1) is 12.7 Å². The number of ether oxygens (including phenoxy) is 10. The van der Waals surface area contributed by atoms with Crippen molar-refractivity contribution in [2.24, 2.45) is 0 Å². The minimum atomic E-state index is -1.40. The van der Waals surface area contributed by atoms with E-state index in [1.807, 2.05) is 0 Å². The Labute approximate surface area is 185 Å². The molecule has 186 valence electrons. The Hall–Kier alpha value is -0.440. The third-order valence-electron chi connectivity index (χ3n) is 5.54. The van der Waals surface area contributed by atoms with Crippen molar-refractivity contribution < 1.29 is 52.5 Å². The fourth-order valence-corrected chi connectivity index (χ4v) is 4.27. The van der Waals surface area contributed by atoms with Crippen LogP contribution in [-0.2, 0) is 47.4 Å².